The molecular formula is C20H28F3NO3. The third-order valence-electron chi connectivity index (χ3n) is 4.88. The number of carbonyl (C=O) groups is 1. The molecule has 2 atom stereocenters. The molecule has 1 fully saturated rings. The number of halogens is 3. The highest BCUT2D eigenvalue weighted by atomic mass is 19.4. The van der Waals surface area contributed by atoms with Crippen molar-refractivity contribution in [2.24, 2.45) is 0 Å². The molecule has 0 radical (unpaired) electrons. The van der Waals surface area contributed by atoms with E-state index in [1.54, 1.807) is 6.07 Å². The van der Waals surface area contributed by atoms with Gasteiger partial charge in [-0.3, -0.25) is 4.79 Å². The lowest BCUT2D eigenvalue weighted by Gasteiger charge is -2.17. The number of aryl methyl sites for hydroxylation is 1. The molecule has 0 bridgehead atoms. The summed E-state index contributed by atoms with van der Waals surface area (Å²) in [7, 11) is 0. The maximum absolute atomic E-state index is 13.4. The Balaban J connectivity index is 1.97. The Kier molecular flexibility index (Phi) is 7.95. The molecule has 0 saturated carbocycles. The van der Waals surface area contributed by atoms with Gasteiger partial charge in [-0.25, -0.2) is 0 Å². The summed E-state index contributed by atoms with van der Waals surface area (Å²) in [4.78, 5) is 10.9. The smallest absolute Gasteiger partial charge is 0.416 e. The van der Waals surface area contributed by atoms with Crippen molar-refractivity contribution in [1.82, 2.24) is 5.32 Å². The molecule has 0 amide bonds. The molecule has 152 valence electrons. The van der Waals surface area contributed by atoms with Gasteiger partial charge in [-0.1, -0.05) is 45.1 Å². The van der Waals surface area contributed by atoms with Crippen LogP contribution in [0.5, 0.6) is 5.75 Å². The summed E-state index contributed by atoms with van der Waals surface area (Å²) in [5.41, 5.74) is -0.368. The van der Waals surface area contributed by atoms with Gasteiger partial charge in [0.25, 0.3) is 0 Å². The number of hydrogen-bond donors (Lipinski definition) is 2. The Bertz CT molecular complexity index is 619. The number of carboxylic acid groups (broad SMARTS) is 1. The van der Waals surface area contributed by atoms with Crippen molar-refractivity contribution in [3.63, 3.8) is 0 Å². The Morgan fingerprint density at radius 3 is 2.56 bits per heavy atom. The SMILES string of the molecule is CCCCCCCCc1ccc(O[C@H]2CN[C@@H](C(=O)O)C2)cc1C(F)(F)F. The normalized spacial score (nSPS) is 20.0. The van der Waals surface area contributed by atoms with Gasteiger partial charge in [0.05, 0.1) is 5.56 Å². The van der Waals surface area contributed by atoms with Crippen LogP contribution < -0.4 is 10.1 Å². The first-order valence-electron chi connectivity index (χ1n) is 9.64. The van der Waals surface area contributed by atoms with E-state index in [9.17, 15) is 18.0 Å². The average Bonchev–Trinajstić information content (AvgIpc) is 3.07. The number of ether oxygens (including phenoxy) is 1. The number of hydrogen-bond acceptors (Lipinski definition) is 3. The Morgan fingerprint density at radius 1 is 1.22 bits per heavy atom. The quantitative estimate of drug-likeness (QED) is 0.566. The first-order valence-corrected chi connectivity index (χ1v) is 9.64. The van der Waals surface area contributed by atoms with Gasteiger partial charge >= 0.3 is 12.1 Å². The van der Waals surface area contributed by atoms with Crippen molar-refractivity contribution in [3.05, 3.63) is 29.3 Å². The molecule has 1 saturated heterocycles. The summed E-state index contributed by atoms with van der Waals surface area (Å²) in [5, 5.41) is 11.8. The van der Waals surface area contributed by atoms with E-state index in [1.807, 2.05) is 0 Å². The molecule has 1 aromatic rings. The second-order valence-electron chi connectivity index (χ2n) is 7.11. The van der Waals surface area contributed by atoms with Crippen LogP contribution in [0.2, 0.25) is 0 Å². The van der Waals surface area contributed by atoms with Gasteiger partial charge in [-0.05, 0) is 30.5 Å². The standard InChI is InChI=1S/C20H28F3NO3/c1-2-3-4-5-6-7-8-14-9-10-15(11-17(14)20(21,22)23)27-16-12-18(19(25)26)24-13-16/h9-11,16,18,24H,2-8,12-13H2,1H3,(H,25,26)/t16-,18-/m1/s1. The van der Waals surface area contributed by atoms with Crippen LogP contribution in [0.15, 0.2) is 18.2 Å². The first-order chi connectivity index (χ1) is 12.8. The molecule has 0 aromatic heterocycles. The predicted octanol–water partition coefficient (Wildman–Crippen LogP) is 4.80. The number of unbranched alkanes of at least 4 members (excludes halogenated alkanes) is 5. The third kappa shape index (κ3) is 6.72. The number of rotatable bonds is 10. The van der Waals surface area contributed by atoms with E-state index in [-0.39, 0.29) is 12.2 Å². The Morgan fingerprint density at radius 2 is 1.93 bits per heavy atom. The lowest BCUT2D eigenvalue weighted by molar-refractivity contribution is -0.139. The summed E-state index contributed by atoms with van der Waals surface area (Å²) < 4.78 is 45.9. The monoisotopic (exact) mass is 387 g/mol. The van der Waals surface area contributed by atoms with Crippen molar-refractivity contribution >= 4 is 5.97 Å². The zero-order valence-corrected chi connectivity index (χ0v) is 15.6. The number of alkyl halides is 3. The molecule has 1 heterocycles. The summed E-state index contributed by atoms with van der Waals surface area (Å²) in [6.45, 7) is 2.43. The van der Waals surface area contributed by atoms with Crippen molar-refractivity contribution < 1.29 is 27.8 Å². The molecule has 7 heteroatoms. The largest absolute Gasteiger partial charge is 0.489 e. The van der Waals surface area contributed by atoms with Crippen LogP contribution >= 0.6 is 0 Å². The third-order valence-corrected chi connectivity index (χ3v) is 4.88. The number of aliphatic carboxylic acids is 1. The minimum absolute atomic E-state index is 0.131. The maximum atomic E-state index is 13.4. The molecule has 0 aliphatic carbocycles. The second kappa shape index (κ2) is 9.97. The van der Waals surface area contributed by atoms with Crippen LogP contribution in [0.3, 0.4) is 0 Å². The van der Waals surface area contributed by atoms with Crippen LogP contribution in [0.1, 0.15) is 63.0 Å². The van der Waals surface area contributed by atoms with Gasteiger partial charge in [0.15, 0.2) is 0 Å². The van der Waals surface area contributed by atoms with E-state index >= 15 is 0 Å². The summed E-state index contributed by atoms with van der Waals surface area (Å²) in [6, 6.07) is 3.36. The lowest BCUT2D eigenvalue weighted by Crippen LogP contribution is -2.30. The van der Waals surface area contributed by atoms with Crippen molar-refractivity contribution in [3.8, 4) is 5.75 Å². The number of carboxylic acids is 1. The first kappa shape index (κ1) is 21.5. The van der Waals surface area contributed by atoms with Gasteiger partial charge in [-0.2, -0.15) is 13.2 Å². The fraction of sp³-hybridized carbons (Fsp3) is 0.650. The van der Waals surface area contributed by atoms with Crippen LogP contribution in [-0.2, 0) is 17.4 Å². The molecular weight excluding hydrogens is 359 g/mol. The number of nitrogens with one attached hydrogen (secondary N) is 1. The molecule has 0 unspecified atom stereocenters. The van der Waals surface area contributed by atoms with Gasteiger partial charge < -0.3 is 15.2 Å². The van der Waals surface area contributed by atoms with Gasteiger partial charge in [0.1, 0.15) is 17.9 Å². The van der Waals surface area contributed by atoms with Crippen LogP contribution in [-0.4, -0.2) is 29.8 Å². The number of benzene rings is 1. The molecule has 27 heavy (non-hydrogen) atoms. The molecule has 1 aliphatic heterocycles. The van der Waals surface area contributed by atoms with E-state index < -0.39 is 29.9 Å². The van der Waals surface area contributed by atoms with Gasteiger partial charge in [0, 0.05) is 13.0 Å². The topological polar surface area (TPSA) is 58.6 Å². The van der Waals surface area contributed by atoms with Crippen molar-refractivity contribution in [1.29, 1.82) is 0 Å². The van der Waals surface area contributed by atoms with E-state index in [2.05, 4.69) is 12.2 Å². The van der Waals surface area contributed by atoms with Crippen molar-refractivity contribution in [2.75, 3.05) is 6.54 Å². The average molecular weight is 387 g/mol. The Labute approximate surface area is 158 Å². The van der Waals surface area contributed by atoms with Crippen LogP contribution in [0.4, 0.5) is 13.2 Å². The predicted molar refractivity (Wildman–Crippen MR) is 97.0 cm³/mol. The highest BCUT2D eigenvalue weighted by Gasteiger charge is 2.35. The van der Waals surface area contributed by atoms with E-state index in [4.69, 9.17) is 9.84 Å². The van der Waals surface area contributed by atoms with Gasteiger partial charge in [-0.15, -0.1) is 0 Å². The highest BCUT2D eigenvalue weighted by molar-refractivity contribution is 5.73. The zero-order valence-electron chi connectivity index (χ0n) is 15.6. The van der Waals surface area contributed by atoms with Crippen molar-refractivity contribution in [2.45, 2.75) is 76.6 Å². The fourth-order valence-corrected chi connectivity index (χ4v) is 3.38. The zero-order chi connectivity index (χ0) is 19.9. The molecule has 4 nitrogen and oxygen atoms in total. The lowest BCUT2D eigenvalue weighted by atomic mass is 9.99. The van der Waals surface area contributed by atoms with Gasteiger partial charge in [0.2, 0.25) is 0 Å². The molecule has 0 spiro atoms. The molecule has 1 aliphatic rings. The van der Waals surface area contributed by atoms with E-state index in [0.717, 1.165) is 38.2 Å². The summed E-state index contributed by atoms with van der Waals surface area (Å²) in [6.07, 6.45) is 1.90. The van der Waals surface area contributed by atoms with Crippen LogP contribution in [0.25, 0.3) is 0 Å². The van der Waals surface area contributed by atoms with E-state index in [1.165, 1.54) is 12.5 Å². The Hall–Kier alpha value is -1.76. The minimum atomic E-state index is -4.44. The maximum Gasteiger partial charge on any atom is 0.416 e. The van der Waals surface area contributed by atoms with Crippen LogP contribution in [0, 0.1) is 0 Å². The highest BCUT2D eigenvalue weighted by Crippen LogP contribution is 2.35. The molecule has 2 N–H and O–H groups in total. The fourth-order valence-electron chi connectivity index (χ4n) is 3.38. The van der Waals surface area contributed by atoms with E-state index in [0.29, 0.717) is 18.5 Å². The summed E-state index contributed by atoms with van der Waals surface area (Å²) in [5.74, 6) is -0.849. The second-order valence-corrected chi connectivity index (χ2v) is 7.11. The summed E-state index contributed by atoms with van der Waals surface area (Å²) >= 11 is 0. The molecule has 2 rings (SSSR count). The minimum Gasteiger partial charge on any atom is -0.489 e. The molecule has 1 aromatic carbocycles.